The van der Waals surface area contributed by atoms with E-state index in [4.69, 9.17) is 15.8 Å². The quantitative estimate of drug-likeness (QED) is 0.543. The molecule has 68 valence electrons. The molecule has 4 heteroatoms. The van der Waals surface area contributed by atoms with Crippen LogP contribution in [0.2, 0.25) is 0 Å². The highest BCUT2D eigenvalue weighted by Crippen LogP contribution is 2.03. The number of nitrogens with two attached hydrogens (primary N) is 1. The Bertz CT molecular complexity index is 312. The van der Waals surface area contributed by atoms with Crippen molar-refractivity contribution in [2.24, 2.45) is 5.73 Å². The molecular weight excluding hydrogens is 165 g/mol. The molecule has 0 saturated carbocycles. The van der Waals surface area contributed by atoms with E-state index in [1.54, 1.807) is 18.2 Å². The van der Waals surface area contributed by atoms with Crippen LogP contribution in [-0.4, -0.2) is 17.2 Å². The topological polar surface area (TPSA) is 66.5 Å². The molecule has 0 spiro atoms. The van der Waals surface area contributed by atoms with E-state index in [1.807, 2.05) is 6.07 Å². The lowest BCUT2D eigenvalue weighted by Gasteiger charge is -2.07. The number of benzene rings is 1. The summed E-state index contributed by atoms with van der Waals surface area (Å²) in [6, 6.07) is 5.27. The summed E-state index contributed by atoms with van der Waals surface area (Å²) in [7, 11) is -1.47. The Morgan fingerprint density at radius 1 is 1.46 bits per heavy atom. The van der Waals surface area contributed by atoms with Crippen LogP contribution in [0.5, 0.6) is 0 Å². The summed E-state index contributed by atoms with van der Waals surface area (Å²) < 4.78 is 0. The van der Waals surface area contributed by atoms with E-state index in [-0.39, 0.29) is 0 Å². The van der Waals surface area contributed by atoms with E-state index in [0.717, 1.165) is 11.1 Å². The summed E-state index contributed by atoms with van der Waals surface area (Å²) in [5.41, 5.74) is 7.46. The van der Waals surface area contributed by atoms with Crippen molar-refractivity contribution < 1.29 is 10.0 Å². The van der Waals surface area contributed by atoms with Gasteiger partial charge in [-0.15, -0.1) is 0 Å². The minimum Gasteiger partial charge on any atom is -0.423 e. The third kappa shape index (κ3) is 2.18. The van der Waals surface area contributed by atoms with Gasteiger partial charge in [0.1, 0.15) is 0 Å². The molecule has 4 N–H and O–H groups in total. The lowest BCUT2D eigenvalue weighted by molar-refractivity contribution is 0.425. The Kier molecular flexibility index (Phi) is 3.25. The Morgan fingerprint density at radius 2 is 2.15 bits per heavy atom. The molecule has 0 unspecified atom stereocenters. The Balaban J connectivity index is 3.17. The monoisotopic (exact) mass is 177 g/mol. The first-order valence-corrected chi connectivity index (χ1v) is 4.00. The number of hydrogen-bond donors (Lipinski definition) is 3. The molecule has 0 atom stereocenters. The van der Waals surface area contributed by atoms with Crippen LogP contribution in [0.25, 0.3) is 6.08 Å². The van der Waals surface area contributed by atoms with Crippen molar-refractivity contribution in [3.63, 3.8) is 0 Å². The van der Waals surface area contributed by atoms with Gasteiger partial charge >= 0.3 is 7.12 Å². The Morgan fingerprint density at radius 3 is 2.62 bits per heavy atom. The normalized spacial score (nSPS) is 9.77. The van der Waals surface area contributed by atoms with Crippen molar-refractivity contribution >= 4 is 18.7 Å². The van der Waals surface area contributed by atoms with Crippen molar-refractivity contribution in [3.05, 3.63) is 35.9 Å². The van der Waals surface area contributed by atoms with E-state index in [9.17, 15) is 0 Å². The molecule has 0 fully saturated rings. The maximum absolute atomic E-state index is 9.02. The maximum Gasteiger partial charge on any atom is 0.488 e. The molecule has 0 heterocycles. The highest BCUT2D eigenvalue weighted by Gasteiger charge is 2.14. The molecule has 1 rings (SSSR count). The Hall–Kier alpha value is -1.10. The van der Waals surface area contributed by atoms with Gasteiger partial charge in [0.15, 0.2) is 0 Å². The third-order valence-electron chi connectivity index (χ3n) is 1.90. The van der Waals surface area contributed by atoms with Crippen LogP contribution in [0.15, 0.2) is 24.8 Å². The van der Waals surface area contributed by atoms with Gasteiger partial charge in [-0.2, -0.15) is 0 Å². The largest absolute Gasteiger partial charge is 0.488 e. The van der Waals surface area contributed by atoms with Gasteiger partial charge in [-0.3, -0.25) is 0 Å². The molecule has 0 aliphatic heterocycles. The van der Waals surface area contributed by atoms with Gasteiger partial charge in [-0.25, -0.2) is 0 Å². The van der Waals surface area contributed by atoms with Gasteiger partial charge in [0.2, 0.25) is 0 Å². The third-order valence-corrected chi connectivity index (χ3v) is 1.90. The van der Waals surface area contributed by atoms with Crippen LogP contribution in [-0.2, 0) is 6.54 Å². The molecule has 13 heavy (non-hydrogen) atoms. The highest BCUT2D eigenvalue weighted by molar-refractivity contribution is 6.59. The zero-order valence-corrected chi connectivity index (χ0v) is 7.27. The molecule has 0 radical (unpaired) electrons. The highest BCUT2D eigenvalue weighted by atomic mass is 16.4. The van der Waals surface area contributed by atoms with E-state index >= 15 is 0 Å². The maximum atomic E-state index is 9.02. The lowest BCUT2D eigenvalue weighted by atomic mass is 9.76. The van der Waals surface area contributed by atoms with Crippen molar-refractivity contribution in [2.45, 2.75) is 6.54 Å². The minimum absolute atomic E-state index is 0.296. The summed E-state index contributed by atoms with van der Waals surface area (Å²) in [5.74, 6) is 0. The van der Waals surface area contributed by atoms with Gasteiger partial charge in [-0.1, -0.05) is 30.9 Å². The van der Waals surface area contributed by atoms with Crippen molar-refractivity contribution in [1.29, 1.82) is 0 Å². The summed E-state index contributed by atoms with van der Waals surface area (Å²) in [6.45, 7) is 3.89. The molecule has 0 aliphatic carbocycles. The minimum atomic E-state index is -1.47. The van der Waals surface area contributed by atoms with Crippen molar-refractivity contribution in [3.8, 4) is 0 Å². The smallest absolute Gasteiger partial charge is 0.423 e. The second-order valence-corrected chi connectivity index (χ2v) is 2.74. The predicted molar refractivity (Wildman–Crippen MR) is 54.3 cm³/mol. The molecule has 1 aromatic rings. The molecule has 0 bridgehead atoms. The summed E-state index contributed by atoms with van der Waals surface area (Å²) in [6.07, 6.45) is 1.65. The molecule has 0 saturated heterocycles. The fraction of sp³-hybridized carbons (Fsp3) is 0.111. The summed E-state index contributed by atoms with van der Waals surface area (Å²) >= 11 is 0. The van der Waals surface area contributed by atoms with E-state index < -0.39 is 7.12 Å². The fourth-order valence-electron chi connectivity index (χ4n) is 1.17. The second kappa shape index (κ2) is 4.23. The standard InChI is InChI=1S/C9H12BNO2/c1-2-7-3-4-8(6-11)9(5-7)10(12)13/h2-5,12-13H,1,6,11H2. The first kappa shape index (κ1) is 9.99. The zero-order valence-electron chi connectivity index (χ0n) is 7.27. The van der Waals surface area contributed by atoms with E-state index in [0.29, 0.717) is 12.0 Å². The van der Waals surface area contributed by atoms with Gasteiger partial charge in [0.05, 0.1) is 0 Å². The van der Waals surface area contributed by atoms with E-state index in [1.165, 1.54) is 0 Å². The number of rotatable bonds is 3. The predicted octanol–water partition coefficient (Wildman–Crippen LogP) is -0.532. The van der Waals surface area contributed by atoms with Crippen molar-refractivity contribution in [1.82, 2.24) is 0 Å². The first-order chi connectivity index (χ1) is 6.19. The Labute approximate surface area is 77.7 Å². The molecule has 0 aromatic heterocycles. The van der Waals surface area contributed by atoms with E-state index in [2.05, 4.69) is 6.58 Å². The molecule has 1 aromatic carbocycles. The van der Waals surface area contributed by atoms with Crippen LogP contribution >= 0.6 is 0 Å². The molecule has 3 nitrogen and oxygen atoms in total. The average molecular weight is 177 g/mol. The van der Waals surface area contributed by atoms with Crippen molar-refractivity contribution in [2.75, 3.05) is 0 Å². The average Bonchev–Trinajstić information content (AvgIpc) is 2.16. The zero-order chi connectivity index (χ0) is 9.84. The first-order valence-electron chi connectivity index (χ1n) is 4.00. The molecule has 0 aliphatic rings. The molecule has 0 amide bonds. The summed E-state index contributed by atoms with van der Waals surface area (Å²) in [4.78, 5) is 0. The lowest BCUT2D eigenvalue weighted by Crippen LogP contribution is -2.34. The summed E-state index contributed by atoms with van der Waals surface area (Å²) in [5, 5.41) is 18.0. The van der Waals surface area contributed by atoms with Crippen LogP contribution in [0.1, 0.15) is 11.1 Å². The van der Waals surface area contributed by atoms with Gasteiger partial charge in [0.25, 0.3) is 0 Å². The number of hydrogen-bond acceptors (Lipinski definition) is 3. The van der Waals surface area contributed by atoms with Crippen LogP contribution in [0.3, 0.4) is 0 Å². The van der Waals surface area contributed by atoms with Crippen LogP contribution in [0, 0.1) is 0 Å². The molecular formula is C9H12BNO2. The SMILES string of the molecule is C=Cc1ccc(CN)c(B(O)O)c1. The van der Waals surface area contributed by atoms with Gasteiger partial charge in [-0.05, 0) is 16.6 Å². The van der Waals surface area contributed by atoms with Gasteiger partial charge in [0, 0.05) is 6.54 Å². The fourth-order valence-corrected chi connectivity index (χ4v) is 1.17. The van der Waals surface area contributed by atoms with Gasteiger partial charge < -0.3 is 15.8 Å². The second-order valence-electron chi connectivity index (χ2n) is 2.74. The van der Waals surface area contributed by atoms with Crippen LogP contribution < -0.4 is 11.2 Å². The van der Waals surface area contributed by atoms with Crippen LogP contribution in [0.4, 0.5) is 0 Å².